The topological polar surface area (TPSA) is 21.3 Å². The Morgan fingerprint density at radius 1 is 1.10 bits per heavy atom. The zero-order chi connectivity index (χ0) is 14.5. The van der Waals surface area contributed by atoms with Crippen molar-refractivity contribution < 1.29 is 4.74 Å². The van der Waals surface area contributed by atoms with E-state index in [0.717, 1.165) is 29.7 Å². The third-order valence-electron chi connectivity index (χ3n) is 4.68. The summed E-state index contributed by atoms with van der Waals surface area (Å²) in [7, 11) is 0. The van der Waals surface area contributed by atoms with Crippen molar-refractivity contribution in [2.75, 3.05) is 13.2 Å². The lowest BCUT2D eigenvalue weighted by atomic mass is 9.90. The average molecular weight is 308 g/mol. The Morgan fingerprint density at radius 2 is 1.86 bits per heavy atom. The molecular formula is C18H26ClNO. The molecule has 0 radical (unpaired) electrons. The summed E-state index contributed by atoms with van der Waals surface area (Å²) in [6.07, 6.45) is 9.47. The van der Waals surface area contributed by atoms with E-state index >= 15 is 0 Å². The van der Waals surface area contributed by atoms with Gasteiger partial charge in [-0.1, -0.05) is 49.1 Å². The molecule has 0 heterocycles. The largest absolute Gasteiger partial charge is 0.372 e. The van der Waals surface area contributed by atoms with Gasteiger partial charge in [-0.3, -0.25) is 0 Å². The molecule has 1 aromatic rings. The summed E-state index contributed by atoms with van der Waals surface area (Å²) in [5.74, 6) is 0.740. The highest BCUT2D eigenvalue weighted by atomic mass is 35.5. The van der Waals surface area contributed by atoms with E-state index in [1.54, 1.807) is 0 Å². The van der Waals surface area contributed by atoms with E-state index in [1.165, 1.54) is 44.9 Å². The van der Waals surface area contributed by atoms with Gasteiger partial charge in [-0.25, -0.2) is 0 Å². The van der Waals surface area contributed by atoms with Crippen LogP contribution in [0.4, 0.5) is 0 Å². The van der Waals surface area contributed by atoms with Crippen LogP contribution in [0.15, 0.2) is 24.3 Å². The fourth-order valence-corrected chi connectivity index (χ4v) is 3.42. The number of hydrogen-bond acceptors (Lipinski definition) is 2. The van der Waals surface area contributed by atoms with E-state index in [9.17, 15) is 0 Å². The number of rotatable bonds is 7. The Balaban J connectivity index is 1.59. The lowest BCUT2D eigenvalue weighted by molar-refractivity contribution is 0.0198. The second kappa shape index (κ2) is 7.62. The predicted octanol–water partition coefficient (Wildman–Crippen LogP) is 4.73. The monoisotopic (exact) mass is 307 g/mol. The Morgan fingerprint density at radius 3 is 2.57 bits per heavy atom. The van der Waals surface area contributed by atoms with Crippen molar-refractivity contribution in [1.29, 1.82) is 0 Å². The zero-order valence-corrected chi connectivity index (χ0v) is 13.4. The molecule has 21 heavy (non-hydrogen) atoms. The van der Waals surface area contributed by atoms with Crippen LogP contribution in [0.25, 0.3) is 0 Å². The summed E-state index contributed by atoms with van der Waals surface area (Å²) < 4.78 is 6.28. The second-order valence-electron chi connectivity index (χ2n) is 6.53. The molecule has 116 valence electrons. The highest BCUT2D eigenvalue weighted by molar-refractivity contribution is 6.31. The molecule has 0 bridgehead atoms. The maximum atomic E-state index is 6.36. The van der Waals surface area contributed by atoms with E-state index in [0.29, 0.717) is 6.04 Å². The first-order valence-electron chi connectivity index (χ1n) is 8.42. The van der Waals surface area contributed by atoms with Crippen molar-refractivity contribution >= 4 is 11.6 Å². The Labute approximate surface area is 133 Å². The maximum absolute atomic E-state index is 6.36. The molecule has 0 amide bonds. The minimum atomic E-state index is 0.0845. The van der Waals surface area contributed by atoms with Crippen molar-refractivity contribution in [2.45, 2.75) is 57.1 Å². The maximum Gasteiger partial charge on any atom is 0.0963 e. The van der Waals surface area contributed by atoms with Gasteiger partial charge in [-0.2, -0.15) is 0 Å². The highest BCUT2D eigenvalue weighted by Crippen LogP contribution is 2.30. The third kappa shape index (κ3) is 4.70. The molecular weight excluding hydrogens is 282 g/mol. The van der Waals surface area contributed by atoms with Crippen LogP contribution in [0.2, 0.25) is 5.02 Å². The van der Waals surface area contributed by atoms with Crippen LogP contribution in [0, 0.1) is 5.92 Å². The standard InChI is InChI=1S/C18H26ClNO/c19-17-9-5-4-8-16(17)18(12-20-15-10-11-15)21-13-14-6-2-1-3-7-14/h4-5,8-9,14-15,18,20H,1-3,6-7,10-13H2. The first kappa shape index (κ1) is 15.3. The first-order chi connectivity index (χ1) is 10.3. The highest BCUT2D eigenvalue weighted by Gasteiger charge is 2.24. The van der Waals surface area contributed by atoms with Gasteiger partial charge in [0, 0.05) is 23.2 Å². The van der Waals surface area contributed by atoms with Crippen molar-refractivity contribution in [3.8, 4) is 0 Å². The van der Waals surface area contributed by atoms with Crippen molar-refractivity contribution in [1.82, 2.24) is 5.32 Å². The van der Waals surface area contributed by atoms with E-state index in [1.807, 2.05) is 12.1 Å². The predicted molar refractivity (Wildman–Crippen MR) is 87.7 cm³/mol. The minimum absolute atomic E-state index is 0.0845. The molecule has 3 heteroatoms. The number of halogens is 1. The van der Waals surface area contributed by atoms with Crippen molar-refractivity contribution in [3.63, 3.8) is 0 Å². The van der Waals surface area contributed by atoms with Gasteiger partial charge in [0.15, 0.2) is 0 Å². The molecule has 0 spiro atoms. The molecule has 2 nitrogen and oxygen atoms in total. The molecule has 2 fully saturated rings. The van der Waals surface area contributed by atoms with Gasteiger partial charge in [0.2, 0.25) is 0 Å². The minimum Gasteiger partial charge on any atom is -0.372 e. The van der Waals surface area contributed by atoms with E-state index in [2.05, 4.69) is 17.4 Å². The SMILES string of the molecule is Clc1ccccc1C(CNC1CC1)OCC1CCCCC1. The van der Waals surface area contributed by atoms with Gasteiger partial charge >= 0.3 is 0 Å². The molecule has 3 rings (SSSR count). The molecule has 1 N–H and O–H groups in total. The molecule has 0 aromatic heterocycles. The Bertz CT molecular complexity index is 441. The molecule has 2 aliphatic carbocycles. The molecule has 1 unspecified atom stereocenters. The number of ether oxygens (including phenoxy) is 1. The third-order valence-corrected chi connectivity index (χ3v) is 5.02. The molecule has 2 saturated carbocycles. The fraction of sp³-hybridized carbons (Fsp3) is 0.667. The van der Waals surface area contributed by atoms with Gasteiger partial charge < -0.3 is 10.1 Å². The smallest absolute Gasteiger partial charge is 0.0963 e. The van der Waals surface area contributed by atoms with Gasteiger partial charge in [0.1, 0.15) is 0 Å². The first-order valence-corrected chi connectivity index (χ1v) is 8.80. The summed E-state index contributed by atoms with van der Waals surface area (Å²) in [4.78, 5) is 0. The van der Waals surface area contributed by atoms with Gasteiger partial charge in [-0.15, -0.1) is 0 Å². The van der Waals surface area contributed by atoms with Gasteiger partial charge in [-0.05, 0) is 37.7 Å². The van der Waals surface area contributed by atoms with Crippen molar-refractivity contribution in [2.24, 2.45) is 5.92 Å². The lowest BCUT2D eigenvalue weighted by Crippen LogP contribution is -2.27. The molecule has 0 aliphatic heterocycles. The number of hydrogen-bond donors (Lipinski definition) is 1. The van der Waals surface area contributed by atoms with Crippen LogP contribution in [0.5, 0.6) is 0 Å². The van der Waals surface area contributed by atoms with Crippen LogP contribution >= 0.6 is 11.6 Å². The second-order valence-corrected chi connectivity index (χ2v) is 6.94. The number of nitrogens with one attached hydrogen (secondary N) is 1. The normalized spacial score (nSPS) is 21.4. The van der Waals surface area contributed by atoms with E-state index in [4.69, 9.17) is 16.3 Å². The summed E-state index contributed by atoms with van der Waals surface area (Å²) in [6, 6.07) is 8.80. The van der Waals surface area contributed by atoms with Gasteiger partial charge in [0.05, 0.1) is 12.7 Å². The van der Waals surface area contributed by atoms with Gasteiger partial charge in [0.25, 0.3) is 0 Å². The average Bonchev–Trinajstić information content (AvgIpc) is 3.34. The lowest BCUT2D eigenvalue weighted by Gasteiger charge is -2.26. The summed E-state index contributed by atoms with van der Waals surface area (Å²) in [6.45, 7) is 1.75. The van der Waals surface area contributed by atoms with E-state index in [-0.39, 0.29) is 6.10 Å². The van der Waals surface area contributed by atoms with E-state index < -0.39 is 0 Å². The van der Waals surface area contributed by atoms with Crippen LogP contribution in [0.3, 0.4) is 0 Å². The fourth-order valence-electron chi connectivity index (χ4n) is 3.16. The molecule has 0 saturated heterocycles. The summed E-state index contributed by atoms with van der Waals surface area (Å²) in [5.41, 5.74) is 1.13. The Kier molecular flexibility index (Phi) is 5.56. The Hall–Kier alpha value is -0.570. The molecule has 2 aliphatic rings. The van der Waals surface area contributed by atoms with Crippen LogP contribution in [0.1, 0.15) is 56.6 Å². The van der Waals surface area contributed by atoms with Crippen molar-refractivity contribution in [3.05, 3.63) is 34.9 Å². The van der Waals surface area contributed by atoms with Crippen LogP contribution in [-0.4, -0.2) is 19.2 Å². The van der Waals surface area contributed by atoms with Crippen LogP contribution < -0.4 is 5.32 Å². The zero-order valence-electron chi connectivity index (χ0n) is 12.7. The molecule has 1 aromatic carbocycles. The number of benzene rings is 1. The quantitative estimate of drug-likeness (QED) is 0.786. The molecule has 1 atom stereocenters. The summed E-state index contributed by atoms with van der Waals surface area (Å²) in [5, 5.41) is 4.41. The summed E-state index contributed by atoms with van der Waals surface area (Å²) >= 11 is 6.36. The van der Waals surface area contributed by atoms with Crippen LogP contribution in [-0.2, 0) is 4.74 Å².